The van der Waals surface area contributed by atoms with Crippen molar-refractivity contribution in [3.05, 3.63) is 35.1 Å². The molecule has 6 heteroatoms. The van der Waals surface area contributed by atoms with Crippen molar-refractivity contribution in [2.75, 3.05) is 25.6 Å². The highest BCUT2D eigenvalue weighted by Gasteiger charge is 2.07. The number of nitrogens with zero attached hydrogens (tertiary/aromatic N) is 4. The molecule has 1 heterocycles. The van der Waals surface area contributed by atoms with Crippen molar-refractivity contribution in [2.24, 2.45) is 0 Å². The van der Waals surface area contributed by atoms with Crippen LogP contribution in [0.1, 0.15) is 0 Å². The van der Waals surface area contributed by atoms with E-state index >= 15 is 0 Å². The Balaban J connectivity index is 2.26. The lowest BCUT2D eigenvalue weighted by Crippen LogP contribution is -2.19. The number of hydrogen-bond donors (Lipinski definition) is 0. The predicted molar refractivity (Wildman–Crippen MR) is 80.6 cm³/mol. The van der Waals surface area contributed by atoms with Gasteiger partial charge in [-0.1, -0.05) is 6.07 Å². The van der Waals surface area contributed by atoms with Crippen molar-refractivity contribution in [3.8, 4) is 22.9 Å². The van der Waals surface area contributed by atoms with Gasteiger partial charge in [0, 0.05) is 25.0 Å². The van der Waals surface area contributed by atoms with Gasteiger partial charge in [0.25, 0.3) is 0 Å². The highest BCUT2D eigenvalue weighted by Crippen LogP contribution is 2.30. The summed E-state index contributed by atoms with van der Waals surface area (Å²) in [6.07, 6.45) is 3.48. The van der Waals surface area contributed by atoms with Crippen LogP contribution < -0.4 is 9.64 Å². The number of anilines is 1. The van der Waals surface area contributed by atoms with E-state index < -0.39 is 0 Å². The molecule has 0 unspecified atom stereocenters. The van der Waals surface area contributed by atoms with Crippen LogP contribution in [0.25, 0.3) is 11.1 Å². The molecule has 0 aliphatic heterocycles. The second-order valence-corrected chi connectivity index (χ2v) is 4.99. The maximum Gasteiger partial charge on any atom is 0.225 e. The van der Waals surface area contributed by atoms with Crippen molar-refractivity contribution in [2.45, 2.75) is 0 Å². The summed E-state index contributed by atoms with van der Waals surface area (Å²) in [5, 5.41) is 8.65. The van der Waals surface area contributed by atoms with Crippen molar-refractivity contribution >= 4 is 21.9 Å². The summed E-state index contributed by atoms with van der Waals surface area (Å²) in [5.41, 5.74) is 1.90. The van der Waals surface area contributed by atoms with E-state index in [1.807, 2.05) is 18.2 Å². The number of methoxy groups -OCH3 is 1. The van der Waals surface area contributed by atoms with Crippen LogP contribution in [-0.2, 0) is 0 Å². The van der Waals surface area contributed by atoms with Gasteiger partial charge in [-0.15, -0.1) is 0 Å². The van der Waals surface area contributed by atoms with Gasteiger partial charge in [-0.25, -0.2) is 9.97 Å². The molecule has 1 aromatic carbocycles. The quantitative estimate of drug-likeness (QED) is 0.805. The van der Waals surface area contributed by atoms with E-state index in [0.717, 1.165) is 21.3 Å². The number of aromatic nitrogens is 2. The third-order valence-electron chi connectivity index (χ3n) is 2.77. The standard InChI is InChI=1S/C14H13BrN4O/c1-19(6-5-16)14-17-8-11(9-18-14)10-3-4-13(20-2)12(15)7-10/h3-4,7-9H,6H2,1-2H3. The Morgan fingerprint density at radius 1 is 1.30 bits per heavy atom. The van der Waals surface area contributed by atoms with Crippen LogP contribution in [0.4, 0.5) is 5.95 Å². The van der Waals surface area contributed by atoms with Gasteiger partial charge in [0.05, 0.1) is 17.7 Å². The third kappa shape index (κ3) is 3.06. The van der Waals surface area contributed by atoms with E-state index in [4.69, 9.17) is 10.00 Å². The molecule has 0 N–H and O–H groups in total. The molecule has 1 aromatic heterocycles. The van der Waals surface area contributed by atoms with Gasteiger partial charge in [0.2, 0.25) is 5.95 Å². The van der Waals surface area contributed by atoms with Crippen molar-refractivity contribution in [1.29, 1.82) is 5.26 Å². The number of rotatable bonds is 4. The van der Waals surface area contributed by atoms with E-state index in [1.54, 1.807) is 31.5 Å². The molecule has 0 fully saturated rings. The van der Waals surface area contributed by atoms with Gasteiger partial charge < -0.3 is 9.64 Å². The van der Waals surface area contributed by atoms with Crippen LogP contribution in [-0.4, -0.2) is 30.7 Å². The van der Waals surface area contributed by atoms with Crippen molar-refractivity contribution in [1.82, 2.24) is 9.97 Å². The zero-order valence-electron chi connectivity index (χ0n) is 11.2. The molecular formula is C14H13BrN4O. The van der Waals surface area contributed by atoms with Crippen LogP contribution in [0.2, 0.25) is 0 Å². The number of benzene rings is 1. The summed E-state index contributed by atoms with van der Waals surface area (Å²) < 4.78 is 6.08. The second-order valence-electron chi connectivity index (χ2n) is 4.14. The molecule has 0 saturated carbocycles. The van der Waals surface area contributed by atoms with E-state index in [2.05, 4.69) is 32.0 Å². The average molecular weight is 333 g/mol. The minimum atomic E-state index is 0.257. The van der Waals surface area contributed by atoms with Crippen LogP contribution in [0, 0.1) is 11.3 Å². The molecule has 2 aromatic rings. The molecule has 0 saturated heterocycles. The largest absolute Gasteiger partial charge is 0.496 e. The average Bonchev–Trinajstić information content (AvgIpc) is 2.47. The molecule has 0 amide bonds. The third-order valence-corrected chi connectivity index (χ3v) is 3.39. The molecule has 0 spiro atoms. The Kier molecular flexibility index (Phi) is 4.53. The van der Waals surface area contributed by atoms with Gasteiger partial charge in [-0.2, -0.15) is 5.26 Å². The summed E-state index contributed by atoms with van der Waals surface area (Å²) in [6.45, 7) is 0.257. The number of nitriles is 1. The van der Waals surface area contributed by atoms with Crippen LogP contribution in [0.5, 0.6) is 5.75 Å². The highest BCUT2D eigenvalue weighted by atomic mass is 79.9. The topological polar surface area (TPSA) is 62.0 Å². The van der Waals surface area contributed by atoms with E-state index in [-0.39, 0.29) is 6.54 Å². The minimum Gasteiger partial charge on any atom is -0.496 e. The Labute approximate surface area is 126 Å². The first-order chi connectivity index (χ1) is 9.65. The Morgan fingerprint density at radius 2 is 2.00 bits per heavy atom. The maximum absolute atomic E-state index is 8.65. The summed E-state index contributed by atoms with van der Waals surface area (Å²) in [4.78, 5) is 10.2. The summed E-state index contributed by atoms with van der Waals surface area (Å²) in [6, 6.07) is 7.84. The van der Waals surface area contributed by atoms with Crippen molar-refractivity contribution < 1.29 is 4.74 Å². The first-order valence-electron chi connectivity index (χ1n) is 5.89. The zero-order chi connectivity index (χ0) is 14.5. The predicted octanol–water partition coefficient (Wildman–Crippen LogP) is 2.87. The minimum absolute atomic E-state index is 0.257. The first-order valence-corrected chi connectivity index (χ1v) is 6.69. The highest BCUT2D eigenvalue weighted by molar-refractivity contribution is 9.10. The molecular weight excluding hydrogens is 320 g/mol. The van der Waals surface area contributed by atoms with Gasteiger partial charge in [0.15, 0.2) is 0 Å². The van der Waals surface area contributed by atoms with E-state index in [9.17, 15) is 0 Å². The lowest BCUT2D eigenvalue weighted by atomic mass is 10.1. The lowest BCUT2D eigenvalue weighted by molar-refractivity contribution is 0.412. The Hall–Kier alpha value is -2.13. The van der Waals surface area contributed by atoms with E-state index in [1.165, 1.54) is 0 Å². The fourth-order valence-electron chi connectivity index (χ4n) is 1.69. The zero-order valence-corrected chi connectivity index (χ0v) is 12.8. The fraction of sp³-hybridized carbons (Fsp3) is 0.214. The fourth-order valence-corrected chi connectivity index (χ4v) is 2.23. The number of halogens is 1. The Bertz CT molecular complexity index is 637. The van der Waals surface area contributed by atoms with Gasteiger partial charge in [-0.05, 0) is 33.6 Å². The van der Waals surface area contributed by atoms with Crippen LogP contribution in [0.3, 0.4) is 0 Å². The molecule has 5 nitrogen and oxygen atoms in total. The van der Waals surface area contributed by atoms with Gasteiger partial charge >= 0.3 is 0 Å². The molecule has 20 heavy (non-hydrogen) atoms. The maximum atomic E-state index is 8.65. The van der Waals surface area contributed by atoms with Gasteiger partial charge in [-0.3, -0.25) is 0 Å². The lowest BCUT2D eigenvalue weighted by Gasteiger charge is -2.12. The van der Waals surface area contributed by atoms with Crippen LogP contribution in [0.15, 0.2) is 35.1 Å². The first kappa shape index (κ1) is 14.3. The molecule has 0 radical (unpaired) electrons. The molecule has 0 aliphatic carbocycles. The molecule has 0 atom stereocenters. The van der Waals surface area contributed by atoms with E-state index in [0.29, 0.717) is 5.95 Å². The Morgan fingerprint density at radius 3 is 2.55 bits per heavy atom. The molecule has 102 valence electrons. The van der Waals surface area contributed by atoms with Crippen LogP contribution >= 0.6 is 15.9 Å². The smallest absolute Gasteiger partial charge is 0.225 e. The normalized spacial score (nSPS) is 9.90. The number of hydrogen-bond acceptors (Lipinski definition) is 5. The summed E-state index contributed by atoms with van der Waals surface area (Å²) in [7, 11) is 3.41. The monoisotopic (exact) mass is 332 g/mol. The molecule has 0 aliphatic rings. The second kappa shape index (κ2) is 6.35. The summed E-state index contributed by atoms with van der Waals surface area (Å²) >= 11 is 3.45. The SMILES string of the molecule is COc1ccc(-c2cnc(N(C)CC#N)nc2)cc1Br. The molecule has 0 bridgehead atoms. The summed E-state index contributed by atoms with van der Waals surface area (Å²) in [5.74, 6) is 1.31. The van der Waals surface area contributed by atoms with Crippen molar-refractivity contribution in [3.63, 3.8) is 0 Å². The van der Waals surface area contributed by atoms with Gasteiger partial charge in [0.1, 0.15) is 12.3 Å². The molecule has 2 rings (SSSR count). The number of ether oxygens (including phenoxy) is 1.